The summed E-state index contributed by atoms with van der Waals surface area (Å²) in [4.78, 5) is 3.99. The van der Waals surface area contributed by atoms with Crippen molar-refractivity contribution in [3.8, 4) is 17.6 Å². The Morgan fingerprint density at radius 3 is 2.53 bits per heavy atom. The zero-order chi connectivity index (χ0) is 12.4. The first-order chi connectivity index (χ1) is 8.22. The van der Waals surface area contributed by atoms with E-state index in [1.54, 1.807) is 0 Å². The lowest BCUT2D eigenvalue weighted by Crippen LogP contribution is -2.07. The number of nitriles is 1. The number of pyridine rings is 1. The molecule has 1 aliphatic rings. The van der Waals surface area contributed by atoms with Crippen molar-refractivity contribution in [2.24, 2.45) is 5.92 Å². The van der Waals surface area contributed by atoms with E-state index in [1.807, 2.05) is 0 Å². The van der Waals surface area contributed by atoms with Crippen LogP contribution in [-0.2, 0) is 0 Å². The molecular formula is C12H13FN2O2. The molecule has 1 heterocycles. The lowest BCUT2D eigenvalue weighted by molar-refractivity contribution is 0.329. The Bertz CT molecular complexity index is 466. The highest BCUT2D eigenvalue weighted by molar-refractivity contribution is 5.47. The second-order valence-corrected chi connectivity index (χ2v) is 4.00. The van der Waals surface area contributed by atoms with Crippen molar-refractivity contribution in [1.29, 1.82) is 5.26 Å². The predicted molar refractivity (Wildman–Crippen MR) is 58.4 cm³/mol. The van der Waals surface area contributed by atoms with Gasteiger partial charge in [0.05, 0.1) is 32.4 Å². The summed E-state index contributed by atoms with van der Waals surface area (Å²) in [6, 6.07) is 2.21. The van der Waals surface area contributed by atoms with Crippen LogP contribution in [0.5, 0.6) is 11.5 Å². The van der Waals surface area contributed by atoms with Gasteiger partial charge in [0.1, 0.15) is 5.69 Å². The van der Waals surface area contributed by atoms with Gasteiger partial charge < -0.3 is 9.47 Å². The number of nitrogens with zero attached hydrogens (tertiary/aromatic N) is 2. The molecular weight excluding hydrogens is 223 g/mol. The molecule has 0 bridgehead atoms. The Balaban J connectivity index is 2.49. The normalized spacial score (nSPS) is 16.1. The van der Waals surface area contributed by atoms with Gasteiger partial charge in [-0.15, -0.1) is 0 Å². The van der Waals surface area contributed by atoms with E-state index in [1.165, 1.54) is 14.2 Å². The predicted octanol–water partition coefficient (Wildman–Crippen LogP) is 2.26. The standard InChI is InChI=1S/C12H13FN2O2/c1-16-11-9(13)6-15-10(12(11)17-2)8(5-14)7-3-4-7/h6-8H,3-4H2,1-2H3. The van der Waals surface area contributed by atoms with Gasteiger partial charge in [-0.1, -0.05) is 0 Å². The van der Waals surface area contributed by atoms with Gasteiger partial charge >= 0.3 is 0 Å². The highest BCUT2D eigenvalue weighted by Crippen LogP contribution is 2.46. The van der Waals surface area contributed by atoms with Crippen LogP contribution in [0.1, 0.15) is 24.5 Å². The summed E-state index contributed by atoms with van der Waals surface area (Å²) in [5.41, 5.74) is 0.468. The van der Waals surface area contributed by atoms with Gasteiger partial charge in [-0.05, 0) is 18.8 Å². The van der Waals surface area contributed by atoms with Crippen LogP contribution in [0.25, 0.3) is 0 Å². The number of aromatic nitrogens is 1. The Labute approximate surface area is 99.0 Å². The van der Waals surface area contributed by atoms with Gasteiger partial charge in [0.2, 0.25) is 0 Å². The highest BCUT2D eigenvalue weighted by Gasteiger charge is 2.36. The lowest BCUT2D eigenvalue weighted by Gasteiger charge is -2.15. The van der Waals surface area contributed by atoms with Crippen LogP contribution in [0.3, 0.4) is 0 Å². The second-order valence-electron chi connectivity index (χ2n) is 4.00. The maximum absolute atomic E-state index is 13.5. The molecule has 90 valence electrons. The second kappa shape index (κ2) is 4.58. The Morgan fingerprint density at radius 1 is 1.41 bits per heavy atom. The number of ether oxygens (including phenoxy) is 2. The third-order valence-electron chi connectivity index (χ3n) is 2.91. The van der Waals surface area contributed by atoms with Crippen molar-refractivity contribution in [2.45, 2.75) is 18.8 Å². The molecule has 2 rings (SSSR count). The molecule has 0 radical (unpaired) electrons. The first kappa shape index (κ1) is 11.6. The van der Waals surface area contributed by atoms with Crippen molar-refractivity contribution in [3.63, 3.8) is 0 Å². The molecule has 5 heteroatoms. The van der Waals surface area contributed by atoms with Crippen LogP contribution >= 0.6 is 0 Å². The molecule has 0 N–H and O–H groups in total. The van der Waals surface area contributed by atoms with Crippen molar-refractivity contribution in [1.82, 2.24) is 4.98 Å². The van der Waals surface area contributed by atoms with Crippen molar-refractivity contribution < 1.29 is 13.9 Å². The van der Waals surface area contributed by atoms with E-state index in [0.29, 0.717) is 11.6 Å². The quantitative estimate of drug-likeness (QED) is 0.804. The van der Waals surface area contributed by atoms with Gasteiger partial charge in [0, 0.05) is 0 Å². The maximum Gasteiger partial charge on any atom is 0.200 e. The smallest absolute Gasteiger partial charge is 0.200 e. The molecule has 1 atom stereocenters. The van der Waals surface area contributed by atoms with Gasteiger partial charge in [0.25, 0.3) is 0 Å². The Hall–Kier alpha value is -1.83. The van der Waals surface area contributed by atoms with Crippen molar-refractivity contribution >= 4 is 0 Å². The Morgan fingerprint density at radius 2 is 2.06 bits per heavy atom. The van der Waals surface area contributed by atoms with Gasteiger partial charge in [0.15, 0.2) is 17.3 Å². The molecule has 1 fully saturated rings. The van der Waals surface area contributed by atoms with E-state index in [4.69, 9.17) is 14.7 Å². The van der Waals surface area contributed by atoms with Crippen LogP contribution in [0.2, 0.25) is 0 Å². The third kappa shape index (κ3) is 2.03. The summed E-state index contributed by atoms with van der Waals surface area (Å²) in [5.74, 6) is -0.388. The first-order valence-electron chi connectivity index (χ1n) is 5.38. The molecule has 0 saturated heterocycles. The average molecular weight is 236 g/mol. The summed E-state index contributed by atoms with van der Waals surface area (Å²) in [6.07, 6.45) is 3.08. The minimum Gasteiger partial charge on any atom is -0.491 e. The van der Waals surface area contributed by atoms with Crippen LogP contribution in [0.15, 0.2) is 6.20 Å². The van der Waals surface area contributed by atoms with Gasteiger partial charge in [-0.25, -0.2) is 4.39 Å². The number of halogens is 1. The van der Waals surface area contributed by atoms with Crippen LogP contribution in [-0.4, -0.2) is 19.2 Å². The summed E-state index contributed by atoms with van der Waals surface area (Å²) in [7, 11) is 2.78. The fraction of sp³-hybridized carbons (Fsp3) is 0.500. The average Bonchev–Trinajstić information content (AvgIpc) is 3.15. The summed E-state index contributed by atoms with van der Waals surface area (Å²) < 4.78 is 23.5. The topological polar surface area (TPSA) is 55.1 Å². The molecule has 0 aliphatic heterocycles. The monoisotopic (exact) mass is 236 g/mol. The molecule has 1 aliphatic carbocycles. The van der Waals surface area contributed by atoms with E-state index in [9.17, 15) is 4.39 Å². The van der Waals surface area contributed by atoms with E-state index in [0.717, 1.165) is 19.0 Å². The third-order valence-corrected chi connectivity index (χ3v) is 2.91. The largest absolute Gasteiger partial charge is 0.491 e. The molecule has 0 spiro atoms. The summed E-state index contributed by atoms with van der Waals surface area (Å²) >= 11 is 0. The molecule has 0 aromatic carbocycles. The van der Waals surface area contributed by atoms with Crippen LogP contribution in [0.4, 0.5) is 4.39 Å². The molecule has 17 heavy (non-hydrogen) atoms. The number of methoxy groups -OCH3 is 2. The molecule has 1 aromatic rings. The fourth-order valence-electron chi connectivity index (χ4n) is 1.90. The van der Waals surface area contributed by atoms with Gasteiger partial charge in [-0.3, -0.25) is 4.98 Å². The summed E-state index contributed by atoms with van der Waals surface area (Å²) in [6.45, 7) is 0. The minimum atomic E-state index is -0.583. The van der Waals surface area contributed by atoms with E-state index >= 15 is 0 Å². The number of rotatable bonds is 4. The minimum absolute atomic E-state index is 0.0124. The maximum atomic E-state index is 13.5. The van der Waals surface area contributed by atoms with Crippen molar-refractivity contribution in [2.75, 3.05) is 14.2 Å². The molecule has 1 aromatic heterocycles. The molecule has 1 unspecified atom stereocenters. The lowest BCUT2D eigenvalue weighted by atomic mass is 10.00. The van der Waals surface area contributed by atoms with Crippen molar-refractivity contribution in [3.05, 3.63) is 17.7 Å². The van der Waals surface area contributed by atoms with Crippen LogP contribution < -0.4 is 9.47 Å². The highest BCUT2D eigenvalue weighted by atomic mass is 19.1. The van der Waals surface area contributed by atoms with E-state index in [2.05, 4.69) is 11.1 Å². The summed E-state index contributed by atoms with van der Waals surface area (Å²) in [5, 5.41) is 9.16. The zero-order valence-electron chi connectivity index (χ0n) is 9.74. The van der Waals surface area contributed by atoms with Crippen LogP contribution in [0, 0.1) is 23.1 Å². The molecule has 0 amide bonds. The fourth-order valence-corrected chi connectivity index (χ4v) is 1.90. The van der Waals surface area contributed by atoms with Gasteiger partial charge in [-0.2, -0.15) is 5.26 Å². The number of hydrogen-bond acceptors (Lipinski definition) is 4. The zero-order valence-corrected chi connectivity index (χ0v) is 9.74. The SMILES string of the molecule is COc1c(F)cnc(C(C#N)C2CC2)c1OC. The number of hydrogen-bond donors (Lipinski definition) is 0. The van der Waals surface area contributed by atoms with E-state index in [-0.39, 0.29) is 17.4 Å². The molecule has 4 nitrogen and oxygen atoms in total. The van der Waals surface area contributed by atoms with E-state index < -0.39 is 5.82 Å². The molecule has 1 saturated carbocycles. The Kier molecular flexibility index (Phi) is 3.14. The first-order valence-corrected chi connectivity index (χ1v) is 5.38.